The van der Waals surface area contributed by atoms with Crippen LogP contribution in [0.4, 0.5) is 10.8 Å². The molecule has 0 saturated heterocycles. The van der Waals surface area contributed by atoms with E-state index in [1.807, 2.05) is 47.8 Å². The van der Waals surface area contributed by atoms with Gasteiger partial charge < -0.3 is 30.6 Å². The average molecular weight is 831 g/mol. The molecule has 2 aliphatic rings. The predicted molar refractivity (Wildman–Crippen MR) is 240 cm³/mol. The molecule has 5 N–H and O–H groups in total. The van der Waals surface area contributed by atoms with Gasteiger partial charge in [-0.3, -0.25) is 4.79 Å². The number of phenolic OH excluding ortho intramolecular Hbond substituents is 1. The Labute approximate surface area is 351 Å². The zero-order valence-corrected chi connectivity index (χ0v) is 34.1. The number of carboxylic acids is 1. The Bertz CT molecular complexity index is 2520. The quantitative estimate of drug-likeness (QED) is 0.0343. The van der Waals surface area contributed by atoms with Gasteiger partial charge in [0.25, 0.3) is 0 Å². The van der Waals surface area contributed by atoms with Crippen LogP contribution in [0.25, 0.3) is 44.7 Å². The van der Waals surface area contributed by atoms with Gasteiger partial charge in [0.15, 0.2) is 15.7 Å². The summed E-state index contributed by atoms with van der Waals surface area (Å²) in [4.78, 5) is 28.6. The number of aliphatic carboxylic acids is 1. The van der Waals surface area contributed by atoms with Crippen molar-refractivity contribution in [1.29, 1.82) is 0 Å². The number of phenols is 1. The topological polar surface area (TPSA) is 137 Å². The third-order valence-electron chi connectivity index (χ3n) is 9.99. The van der Waals surface area contributed by atoms with Gasteiger partial charge in [0.2, 0.25) is 0 Å². The van der Waals surface area contributed by atoms with Gasteiger partial charge in [-0.2, -0.15) is 0 Å². The van der Waals surface area contributed by atoms with Crippen molar-refractivity contribution < 1.29 is 19.4 Å². The minimum Gasteiger partial charge on any atom is -0.508 e. The zero-order valence-electron chi connectivity index (χ0n) is 31.7. The standard InChI is InChI=1S/C46H43ClN4O5S2/c47-33-16-10-30(11-17-33)25-39(44(54)55)50-46-51-40(28-58-46)31-12-8-29(9-13-31)7-5-3-1-2-4-6-24-48-45(57)49-34-18-14-32(15-19-34)43-37-22-20-35(52)26-41(37)56-42-27-36(53)21-23-38(42)43/h8-23,26-28,39,52H,1-7,24-25H2,(H,50,51)(H,54,55)(H2,48,49,57). The van der Waals surface area contributed by atoms with E-state index in [9.17, 15) is 19.8 Å². The number of nitrogens with one attached hydrogen (secondary N) is 3. The second-order valence-corrected chi connectivity index (χ2v) is 15.9. The van der Waals surface area contributed by atoms with Gasteiger partial charge in [0.1, 0.15) is 23.1 Å². The van der Waals surface area contributed by atoms with E-state index in [2.05, 4.69) is 45.2 Å². The molecule has 0 radical (unpaired) electrons. The predicted octanol–water partition coefficient (Wildman–Crippen LogP) is 11.0. The van der Waals surface area contributed by atoms with Crippen molar-refractivity contribution in [2.24, 2.45) is 0 Å². The maximum atomic E-state index is 12.0. The molecule has 0 amide bonds. The smallest absolute Gasteiger partial charge is 0.326 e. The Morgan fingerprint density at radius 2 is 1.53 bits per heavy atom. The fraction of sp³-hybridized carbons (Fsp3) is 0.217. The fourth-order valence-electron chi connectivity index (χ4n) is 6.95. The molecule has 2 heterocycles. The van der Waals surface area contributed by atoms with Crippen LogP contribution in [0.1, 0.15) is 49.7 Å². The molecule has 1 aliphatic carbocycles. The molecule has 0 spiro atoms. The summed E-state index contributed by atoms with van der Waals surface area (Å²) in [5.74, 6) is -0.368. The van der Waals surface area contributed by atoms with Crippen LogP contribution in [0.3, 0.4) is 0 Å². The molecule has 9 nitrogen and oxygen atoms in total. The summed E-state index contributed by atoms with van der Waals surface area (Å²) in [7, 11) is 0. The Balaban J connectivity index is 0.787. The van der Waals surface area contributed by atoms with Crippen molar-refractivity contribution in [3.05, 3.63) is 141 Å². The minimum absolute atomic E-state index is 0.0945. The van der Waals surface area contributed by atoms with Crippen molar-refractivity contribution in [1.82, 2.24) is 10.3 Å². The summed E-state index contributed by atoms with van der Waals surface area (Å²) in [6.07, 6.45) is 8.20. The molecule has 7 rings (SSSR count). The number of aromatic nitrogens is 1. The second kappa shape index (κ2) is 19.1. The summed E-state index contributed by atoms with van der Waals surface area (Å²) in [5, 5.41) is 34.0. The van der Waals surface area contributed by atoms with Crippen molar-refractivity contribution >= 4 is 68.0 Å². The molecule has 1 aromatic heterocycles. The number of fused-ring (bicyclic) bond motifs is 2. The van der Waals surface area contributed by atoms with E-state index in [0.29, 0.717) is 33.0 Å². The lowest BCUT2D eigenvalue weighted by molar-refractivity contribution is -0.137. The maximum Gasteiger partial charge on any atom is 0.326 e. The lowest BCUT2D eigenvalue weighted by Crippen LogP contribution is -2.31. The number of thiazole rings is 1. The first-order valence-electron chi connectivity index (χ1n) is 19.3. The molecule has 1 unspecified atom stereocenters. The highest BCUT2D eigenvalue weighted by molar-refractivity contribution is 7.80. The summed E-state index contributed by atoms with van der Waals surface area (Å²) < 4.78 is 5.97. The first kappa shape index (κ1) is 40.4. The molecule has 0 fully saturated rings. The van der Waals surface area contributed by atoms with E-state index < -0.39 is 12.0 Å². The van der Waals surface area contributed by atoms with Crippen LogP contribution in [0, 0.1) is 0 Å². The molecular formula is C46H43ClN4O5S2. The third kappa shape index (κ3) is 10.6. The van der Waals surface area contributed by atoms with Crippen LogP contribution in [0.2, 0.25) is 5.02 Å². The molecule has 12 heteroatoms. The van der Waals surface area contributed by atoms with Crippen LogP contribution in [0.15, 0.2) is 124 Å². The maximum absolute atomic E-state index is 12.0. The van der Waals surface area contributed by atoms with Crippen molar-refractivity contribution in [2.45, 2.75) is 57.4 Å². The summed E-state index contributed by atoms with van der Waals surface area (Å²) >= 11 is 12.9. The molecule has 0 saturated carbocycles. The van der Waals surface area contributed by atoms with Crippen LogP contribution in [-0.2, 0) is 17.6 Å². The summed E-state index contributed by atoms with van der Waals surface area (Å²) in [6.45, 7) is 0.802. The highest BCUT2D eigenvalue weighted by Gasteiger charge is 2.20. The van der Waals surface area contributed by atoms with E-state index >= 15 is 0 Å². The number of aromatic hydroxyl groups is 1. The van der Waals surface area contributed by atoms with Crippen LogP contribution >= 0.6 is 35.2 Å². The van der Waals surface area contributed by atoms with E-state index in [-0.39, 0.29) is 11.2 Å². The number of anilines is 2. The number of carboxylic acid groups (broad SMARTS) is 1. The SMILES string of the molecule is O=C(O)C(Cc1ccc(Cl)cc1)Nc1nc(-c2ccc(CCCCCCCCNC(=S)Nc3ccc(-c4c5ccc(=O)cc-5oc5cc(O)ccc45)cc3)cc2)cs1. The van der Waals surface area contributed by atoms with Gasteiger partial charge in [-0.15, -0.1) is 11.3 Å². The Hall–Kier alpha value is -5.75. The molecule has 1 aliphatic heterocycles. The van der Waals surface area contributed by atoms with Gasteiger partial charge in [-0.1, -0.05) is 85.8 Å². The molecular weight excluding hydrogens is 788 g/mol. The third-order valence-corrected chi connectivity index (χ3v) is 11.3. The highest BCUT2D eigenvalue weighted by Crippen LogP contribution is 2.41. The molecule has 1 atom stereocenters. The van der Waals surface area contributed by atoms with Gasteiger partial charge in [0.05, 0.1) is 5.69 Å². The zero-order chi connectivity index (χ0) is 40.4. The van der Waals surface area contributed by atoms with E-state index in [4.69, 9.17) is 28.2 Å². The molecule has 4 aromatic carbocycles. The van der Waals surface area contributed by atoms with E-state index in [0.717, 1.165) is 76.8 Å². The van der Waals surface area contributed by atoms with Gasteiger partial charge in [0, 0.05) is 63.3 Å². The molecule has 0 bridgehead atoms. The Morgan fingerprint density at radius 1 is 0.828 bits per heavy atom. The number of unbranched alkanes of at least 4 members (excludes halogenated alkanes) is 5. The summed E-state index contributed by atoms with van der Waals surface area (Å²) in [6, 6.07) is 32.7. The number of halogens is 1. The molecule has 296 valence electrons. The lowest BCUT2D eigenvalue weighted by atomic mass is 9.93. The number of hydrogen-bond donors (Lipinski definition) is 5. The first-order chi connectivity index (χ1) is 28.2. The van der Waals surface area contributed by atoms with Gasteiger partial charge in [-0.25, -0.2) is 9.78 Å². The van der Waals surface area contributed by atoms with E-state index in [1.165, 1.54) is 48.3 Å². The molecule has 58 heavy (non-hydrogen) atoms. The van der Waals surface area contributed by atoms with Crippen molar-refractivity contribution in [3.63, 3.8) is 0 Å². The normalized spacial score (nSPS) is 11.7. The average Bonchev–Trinajstić information content (AvgIpc) is 3.69. The van der Waals surface area contributed by atoms with Crippen molar-refractivity contribution in [2.75, 3.05) is 17.2 Å². The number of carbonyl (C=O) groups is 1. The van der Waals surface area contributed by atoms with E-state index in [1.54, 1.807) is 30.3 Å². The fourth-order valence-corrected chi connectivity index (χ4v) is 8.07. The monoisotopic (exact) mass is 830 g/mol. The minimum atomic E-state index is -0.931. The van der Waals surface area contributed by atoms with Gasteiger partial charge in [-0.05, 0) is 96.7 Å². The van der Waals surface area contributed by atoms with Crippen LogP contribution < -0.4 is 21.4 Å². The highest BCUT2D eigenvalue weighted by atomic mass is 35.5. The largest absolute Gasteiger partial charge is 0.508 e. The number of nitrogens with zero attached hydrogens (tertiary/aromatic N) is 1. The Morgan fingerprint density at radius 3 is 2.29 bits per heavy atom. The number of rotatable bonds is 17. The first-order valence-corrected chi connectivity index (χ1v) is 21.0. The Kier molecular flexibility index (Phi) is 13.3. The number of aryl methyl sites for hydroxylation is 1. The summed E-state index contributed by atoms with van der Waals surface area (Å²) in [5.41, 5.74) is 7.94. The lowest BCUT2D eigenvalue weighted by Gasteiger charge is -2.16. The number of hydrogen-bond acceptors (Lipinski definition) is 8. The number of thiocarbonyl (C=S) groups is 1. The number of benzene rings is 5. The molecule has 5 aromatic rings. The van der Waals surface area contributed by atoms with Crippen LogP contribution in [0.5, 0.6) is 5.75 Å². The van der Waals surface area contributed by atoms with Crippen LogP contribution in [-0.4, -0.2) is 38.9 Å². The van der Waals surface area contributed by atoms with Gasteiger partial charge >= 0.3 is 5.97 Å². The second-order valence-electron chi connectivity index (χ2n) is 14.2. The van der Waals surface area contributed by atoms with Crippen molar-refractivity contribution in [3.8, 4) is 39.5 Å².